The molecule has 0 saturated heterocycles. The highest BCUT2D eigenvalue weighted by Gasteiger charge is 2.18. The van der Waals surface area contributed by atoms with Crippen LogP contribution in [-0.4, -0.2) is 40.5 Å². The minimum Gasteiger partial charge on any atom is -0.476 e. The maximum atomic E-state index is 6.52. The van der Waals surface area contributed by atoms with Crippen molar-refractivity contribution < 1.29 is 4.74 Å². The summed E-state index contributed by atoms with van der Waals surface area (Å²) in [5.74, 6) is 1.14. The molecule has 0 saturated carbocycles. The molecular weight excluding hydrogens is 350 g/mol. The fourth-order valence-electron chi connectivity index (χ4n) is 2.93. The van der Waals surface area contributed by atoms with Gasteiger partial charge in [-0.2, -0.15) is 4.52 Å². The fourth-order valence-corrected chi connectivity index (χ4v) is 3.19. The monoisotopic (exact) mass is 367 g/mol. The van der Waals surface area contributed by atoms with E-state index in [-0.39, 0.29) is 0 Å². The quantitative estimate of drug-likeness (QED) is 0.544. The molecule has 2 heterocycles. The summed E-state index contributed by atoms with van der Waals surface area (Å²) in [7, 11) is 3.94. The maximum absolute atomic E-state index is 6.52. The molecule has 0 atom stereocenters. The first kappa shape index (κ1) is 16.6. The van der Waals surface area contributed by atoms with E-state index < -0.39 is 0 Å². The van der Waals surface area contributed by atoms with Gasteiger partial charge >= 0.3 is 0 Å². The van der Waals surface area contributed by atoms with E-state index in [0.29, 0.717) is 29.0 Å². The number of fused-ring (bicyclic) bond motifs is 3. The lowest BCUT2D eigenvalue weighted by Crippen LogP contribution is -2.08. The van der Waals surface area contributed by atoms with Crippen molar-refractivity contribution in [2.75, 3.05) is 25.6 Å². The SMILES string of the molecule is CCOc1nn2c(-c3ccc(N(C)C)cc3Cl)nnc2c2ccccc12. The van der Waals surface area contributed by atoms with Crippen molar-refractivity contribution in [3.05, 3.63) is 47.5 Å². The van der Waals surface area contributed by atoms with Crippen LogP contribution in [0.5, 0.6) is 5.88 Å². The summed E-state index contributed by atoms with van der Waals surface area (Å²) in [4.78, 5) is 2.00. The van der Waals surface area contributed by atoms with E-state index in [1.54, 1.807) is 4.52 Å². The molecule has 132 valence electrons. The first-order chi connectivity index (χ1) is 12.6. The molecule has 0 amide bonds. The van der Waals surface area contributed by atoms with Crippen LogP contribution in [0, 0.1) is 0 Å². The average molecular weight is 368 g/mol. The van der Waals surface area contributed by atoms with Gasteiger partial charge in [-0.1, -0.05) is 29.8 Å². The van der Waals surface area contributed by atoms with Crippen molar-refractivity contribution in [2.45, 2.75) is 6.92 Å². The molecule has 0 aliphatic carbocycles. The van der Waals surface area contributed by atoms with Gasteiger partial charge in [0.1, 0.15) is 0 Å². The molecule has 0 aliphatic heterocycles. The molecule has 2 aromatic carbocycles. The molecular formula is C19H18ClN5O. The van der Waals surface area contributed by atoms with Gasteiger partial charge in [0.25, 0.3) is 0 Å². The third kappa shape index (κ3) is 2.63. The number of anilines is 1. The lowest BCUT2D eigenvalue weighted by atomic mass is 10.1. The Hall–Kier alpha value is -2.86. The van der Waals surface area contributed by atoms with E-state index >= 15 is 0 Å². The van der Waals surface area contributed by atoms with Crippen molar-refractivity contribution in [2.24, 2.45) is 0 Å². The molecule has 0 N–H and O–H groups in total. The molecule has 0 unspecified atom stereocenters. The number of aromatic nitrogens is 4. The number of halogens is 1. The van der Waals surface area contributed by atoms with Crippen LogP contribution in [0.25, 0.3) is 27.8 Å². The van der Waals surface area contributed by atoms with Gasteiger partial charge < -0.3 is 9.64 Å². The Kier molecular flexibility index (Phi) is 4.12. The Morgan fingerprint density at radius 2 is 1.85 bits per heavy atom. The summed E-state index contributed by atoms with van der Waals surface area (Å²) in [6, 6.07) is 13.7. The molecule has 0 spiro atoms. The lowest BCUT2D eigenvalue weighted by Gasteiger charge is -2.14. The number of hydrogen-bond acceptors (Lipinski definition) is 5. The van der Waals surface area contributed by atoms with Gasteiger partial charge in [-0.15, -0.1) is 15.3 Å². The second kappa shape index (κ2) is 6.46. The third-order valence-electron chi connectivity index (χ3n) is 4.22. The van der Waals surface area contributed by atoms with Gasteiger partial charge in [-0.3, -0.25) is 0 Å². The first-order valence-electron chi connectivity index (χ1n) is 8.34. The van der Waals surface area contributed by atoms with Crippen LogP contribution in [0.1, 0.15) is 6.92 Å². The molecule has 2 aromatic heterocycles. The zero-order valence-corrected chi connectivity index (χ0v) is 15.5. The highest BCUT2D eigenvalue weighted by atomic mass is 35.5. The van der Waals surface area contributed by atoms with Crippen molar-refractivity contribution in [3.63, 3.8) is 0 Å². The molecule has 26 heavy (non-hydrogen) atoms. The van der Waals surface area contributed by atoms with Gasteiger partial charge in [0.05, 0.1) is 11.6 Å². The molecule has 0 radical (unpaired) electrons. The van der Waals surface area contributed by atoms with E-state index in [0.717, 1.165) is 22.0 Å². The predicted molar refractivity (Wildman–Crippen MR) is 104 cm³/mol. The first-order valence-corrected chi connectivity index (χ1v) is 8.72. The van der Waals surface area contributed by atoms with Gasteiger partial charge in [0.2, 0.25) is 5.88 Å². The van der Waals surface area contributed by atoms with E-state index in [9.17, 15) is 0 Å². The minimum atomic E-state index is 0.526. The van der Waals surface area contributed by atoms with E-state index in [1.807, 2.05) is 68.4 Å². The minimum absolute atomic E-state index is 0.526. The summed E-state index contributed by atoms with van der Waals surface area (Å²) in [5.41, 5.74) is 2.46. The topological polar surface area (TPSA) is 55.6 Å². The molecule has 7 heteroatoms. The largest absolute Gasteiger partial charge is 0.476 e. The molecule has 4 rings (SSSR count). The zero-order chi connectivity index (χ0) is 18.3. The van der Waals surface area contributed by atoms with Crippen LogP contribution in [0.3, 0.4) is 0 Å². The Morgan fingerprint density at radius 3 is 2.54 bits per heavy atom. The number of ether oxygens (including phenoxy) is 1. The molecule has 0 fully saturated rings. The lowest BCUT2D eigenvalue weighted by molar-refractivity contribution is 0.326. The van der Waals surface area contributed by atoms with Crippen molar-refractivity contribution in [3.8, 4) is 17.3 Å². The molecule has 0 aliphatic rings. The van der Waals surface area contributed by atoms with E-state index in [1.165, 1.54) is 0 Å². The number of benzene rings is 2. The van der Waals surface area contributed by atoms with Crippen LogP contribution >= 0.6 is 11.6 Å². The second-order valence-electron chi connectivity index (χ2n) is 6.10. The Bertz CT molecular complexity index is 1110. The van der Waals surface area contributed by atoms with E-state index in [2.05, 4.69) is 15.3 Å². The van der Waals surface area contributed by atoms with Crippen LogP contribution in [-0.2, 0) is 0 Å². The van der Waals surface area contributed by atoms with Gasteiger partial charge in [0, 0.05) is 36.1 Å². The van der Waals surface area contributed by atoms with Gasteiger partial charge in [-0.25, -0.2) is 0 Å². The number of hydrogen-bond donors (Lipinski definition) is 0. The second-order valence-corrected chi connectivity index (χ2v) is 6.51. The van der Waals surface area contributed by atoms with Crippen molar-refractivity contribution >= 4 is 33.7 Å². The Balaban J connectivity index is 1.98. The molecule has 4 aromatic rings. The highest BCUT2D eigenvalue weighted by Crippen LogP contribution is 2.33. The Morgan fingerprint density at radius 1 is 1.08 bits per heavy atom. The fraction of sp³-hybridized carbons (Fsp3) is 0.211. The van der Waals surface area contributed by atoms with Gasteiger partial charge in [0.15, 0.2) is 11.5 Å². The summed E-state index contributed by atoms with van der Waals surface area (Å²) >= 11 is 6.52. The Labute approximate surface area is 156 Å². The van der Waals surface area contributed by atoms with Crippen LogP contribution in [0.4, 0.5) is 5.69 Å². The van der Waals surface area contributed by atoms with Crippen LogP contribution in [0.2, 0.25) is 5.02 Å². The van der Waals surface area contributed by atoms with Crippen molar-refractivity contribution in [1.82, 2.24) is 19.8 Å². The summed E-state index contributed by atoms with van der Waals surface area (Å²) < 4.78 is 7.44. The summed E-state index contributed by atoms with van der Waals surface area (Å²) in [6.07, 6.45) is 0. The standard InChI is InChI=1S/C19H18ClN5O/c1-4-26-19-14-8-6-5-7-13(14)17-21-22-18(25(17)23-19)15-10-9-12(24(2)3)11-16(15)20/h5-11H,4H2,1-3H3. The zero-order valence-electron chi connectivity index (χ0n) is 14.8. The maximum Gasteiger partial charge on any atom is 0.239 e. The smallest absolute Gasteiger partial charge is 0.239 e. The normalized spacial score (nSPS) is 11.2. The predicted octanol–water partition coefficient (Wildman–Crippen LogP) is 4.06. The highest BCUT2D eigenvalue weighted by molar-refractivity contribution is 6.33. The number of nitrogens with zero attached hydrogens (tertiary/aromatic N) is 5. The van der Waals surface area contributed by atoms with Crippen LogP contribution < -0.4 is 9.64 Å². The van der Waals surface area contributed by atoms with Crippen molar-refractivity contribution in [1.29, 1.82) is 0 Å². The summed E-state index contributed by atoms with van der Waals surface area (Å²) in [5, 5.41) is 15.8. The number of rotatable bonds is 4. The van der Waals surface area contributed by atoms with Crippen LogP contribution in [0.15, 0.2) is 42.5 Å². The molecule has 0 bridgehead atoms. The van der Waals surface area contributed by atoms with Gasteiger partial charge in [-0.05, 0) is 31.2 Å². The van der Waals surface area contributed by atoms with E-state index in [4.69, 9.17) is 16.3 Å². The third-order valence-corrected chi connectivity index (χ3v) is 4.53. The average Bonchev–Trinajstić information content (AvgIpc) is 3.06. The summed E-state index contributed by atoms with van der Waals surface area (Å²) in [6.45, 7) is 2.46. The molecule has 6 nitrogen and oxygen atoms in total.